The molecule has 0 saturated carbocycles. The Balaban J connectivity index is 2.61. The summed E-state index contributed by atoms with van der Waals surface area (Å²) in [6.45, 7) is 10.5. The van der Waals surface area contributed by atoms with Gasteiger partial charge in [-0.25, -0.2) is 0 Å². The van der Waals surface area contributed by atoms with Crippen LogP contribution in [-0.2, 0) is 5.41 Å². The summed E-state index contributed by atoms with van der Waals surface area (Å²) >= 11 is 0. The van der Waals surface area contributed by atoms with Gasteiger partial charge in [0, 0.05) is 0 Å². The van der Waals surface area contributed by atoms with E-state index in [1.54, 1.807) is 0 Å². The van der Waals surface area contributed by atoms with Crippen molar-refractivity contribution in [2.45, 2.75) is 45.6 Å². The van der Waals surface area contributed by atoms with Gasteiger partial charge in [-0.2, -0.15) is 0 Å². The third-order valence-electron chi connectivity index (χ3n) is 3.01. The predicted octanol–water partition coefficient (Wildman–Crippen LogP) is 3.02. The Morgan fingerprint density at radius 1 is 1.18 bits per heavy atom. The average Bonchev–Trinajstić information content (AvgIpc) is 2.28. The summed E-state index contributed by atoms with van der Waals surface area (Å²) < 4.78 is 0. The zero-order valence-electron chi connectivity index (χ0n) is 11.5. The standard InChI is InChI=1S/C15H25NO/c1-5-16-11-10-14(17)12-6-8-13(9-7-12)15(2,3)4/h6-9,14,16-17H,5,10-11H2,1-4H3. The van der Waals surface area contributed by atoms with Crippen LogP contribution in [-0.4, -0.2) is 18.2 Å². The predicted molar refractivity (Wildman–Crippen MR) is 73.3 cm³/mol. The number of hydrogen-bond donors (Lipinski definition) is 2. The van der Waals surface area contributed by atoms with Crippen LogP contribution in [0.1, 0.15) is 51.3 Å². The summed E-state index contributed by atoms with van der Waals surface area (Å²) in [5.41, 5.74) is 2.49. The first-order valence-corrected chi connectivity index (χ1v) is 6.44. The van der Waals surface area contributed by atoms with E-state index in [0.717, 1.165) is 25.1 Å². The molecule has 0 saturated heterocycles. The van der Waals surface area contributed by atoms with E-state index < -0.39 is 0 Å². The van der Waals surface area contributed by atoms with Crippen LogP contribution in [0.5, 0.6) is 0 Å². The SMILES string of the molecule is CCNCCC(O)c1ccc(C(C)(C)C)cc1. The maximum Gasteiger partial charge on any atom is 0.0802 e. The van der Waals surface area contributed by atoms with E-state index in [2.05, 4.69) is 45.1 Å². The Morgan fingerprint density at radius 3 is 2.24 bits per heavy atom. The second-order valence-electron chi connectivity index (χ2n) is 5.53. The van der Waals surface area contributed by atoms with Gasteiger partial charge in [0.2, 0.25) is 0 Å². The van der Waals surface area contributed by atoms with Gasteiger partial charge in [0.15, 0.2) is 0 Å². The van der Waals surface area contributed by atoms with Gasteiger partial charge in [-0.15, -0.1) is 0 Å². The first-order valence-electron chi connectivity index (χ1n) is 6.44. The third kappa shape index (κ3) is 4.49. The van der Waals surface area contributed by atoms with Gasteiger partial charge in [0.25, 0.3) is 0 Å². The molecule has 0 aliphatic heterocycles. The van der Waals surface area contributed by atoms with Crippen molar-refractivity contribution in [2.75, 3.05) is 13.1 Å². The van der Waals surface area contributed by atoms with Gasteiger partial charge in [-0.1, -0.05) is 52.0 Å². The summed E-state index contributed by atoms with van der Waals surface area (Å²) in [5.74, 6) is 0. The van der Waals surface area contributed by atoms with Crippen LogP contribution in [0.3, 0.4) is 0 Å². The number of nitrogens with one attached hydrogen (secondary N) is 1. The molecule has 0 radical (unpaired) electrons. The Morgan fingerprint density at radius 2 is 1.76 bits per heavy atom. The highest BCUT2D eigenvalue weighted by Crippen LogP contribution is 2.24. The van der Waals surface area contributed by atoms with Crippen LogP contribution in [0.4, 0.5) is 0 Å². The fraction of sp³-hybridized carbons (Fsp3) is 0.600. The van der Waals surface area contributed by atoms with Crippen molar-refractivity contribution in [1.82, 2.24) is 5.32 Å². The molecule has 0 bridgehead atoms. The normalized spacial score (nSPS) is 13.7. The lowest BCUT2D eigenvalue weighted by Gasteiger charge is -2.20. The fourth-order valence-corrected chi connectivity index (χ4v) is 1.79. The van der Waals surface area contributed by atoms with Crippen LogP contribution in [0.2, 0.25) is 0 Å². The minimum Gasteiger partial charge on any atom is -0.388 e. The molecule has 1 aromatic rings. The van der Waals surface area contributed by atoms with Crippen molar-refractivity contribution in [3.63, 3.8) is 0 Å². The summed E-state index contributed by atoms with van der Waals surface area (Å²) in [6, 6.07) is 8.31. The summed E-state index contributed by atoms with van der Waals surface area (Å²) in [7, 11) is 0. The van der Waals surface area contributed by atoms with Gasteiger partial charge in [-0.3, -0.25) is 0 Å². The molecule has 0 spiro atoms. The molecule has 0 heterocycles. The summed E-state index contributed by atoms with van der Waals surface area (Å²) in [6.07, 6.45) is 0.408. The highest BCUT2D eigenvalue weighted by Gasteiger charge is 2.14. The Hall–Kier alpha value is -0.860. The van der Waals surface area contributed by atoms with E-state index in [4.69, 9.17) is 0 Å². The maximum absolute atomic E-state index is 10.0. The van der Waals surface area contributed by atoms with Gasteiger partial charge in [-0.05, 0) is 36.1 Å². The monoisotopic (exact) mass is 235 g/mol. The fourth-order valence-electron chi connectivity index (χ4n) is 1.79. The molecule has 96 valence electrons. The summed E-state index contributed by atoms with van der Waals surface area (Å²) in [5, 5.41) is 13.2. The van der Waals surface area contributed by atoms with E-state index in [0.29, 0.717) is 0 Å². The van der Waals surface area contributed by atoms with Crippen molar-refractivity contribution in [3.8, 4) is 0 Å². The number of aliphatic hydroxyl groups is 1. The minimum absolute atomic E-state index is 0.174. The molecular weight excluding hydrogens is 210 g/mol. The Kier molecular flexibility index (Phi) is 5.16. The molecule has 2 N–H and O–H groups in total. The number of benzene rings is 1. The van der Waals surface area contributed by atoms with E-state index in [9.17, 15) is 5.11 Å². The van der Waals surface area contributed by atoms with Gasteiger partial charge in [0.1, 0.15) is 0 Å². The van der Waals surface area contributed by atoms with Gasteiger partial charge >= 0.3 is 0 Å². The Labute approximate surface area is 105 Å². The highest BCUT2D eigenvalue weighted by molar-refractivity contribution is 5.28. The first kappa shape index (κ1) is 14.2. The molecule has 1 aromatic carbocycles. The highest BCUT2D eigenvalue weighted by atomic mass is 16.3. The third-order valence-corrected chi connectivity index (χ3v) is 3.01. The molecular formula is C15H25NO. The van der Waals surface area contributed by atoms with Gasteiger partial charge in [0.05, 0.1) is 6.10 Å². The second kappa shape index (κ2) is 6.18. The lowest BCUT2D eigenvalue weighted by atomic mass is 9.86. The topological polar surface area (TPSA) is 32.3 Å². The number of aliphatic hydroxyl groups excluding tert-OH is 1. The Bertz CT molecular complexity index is 324. The van der Waals surface area contributed by atoms with Crippen LogP contribution >= 0.6 is 0 Å². The van der Waals surface area contributed by atoms with Crippen molar-refractivity contribution < 1.29 is 5.11 Å². The number of hydrogen-bond acceptors (Lipinski definition) is 2. The van der Waals surface area contributed by atoms with Crippen LogP contribution in [0.15, 0.2) is 24.3 Å². The van der Waals surface area contributed by atoms with Gasteiger partial charge < -0.3 is 10.4 Å². The minimum atomic E-state index is -0.358. The zero-order chi connectivity index (χ0) is 12.9. The maximum atomic E-state index is 10.0. The molecule has 1 atom stereocenters. The smallest absolute Gasteiger partial charge is 0.0802 e. The van der Waals surface area contributed by atoms with Crippen molar-refractivity contribution in [1.29, 1.82) is 0 Å². The van der Waals surface area contributed by atoms with E-state index >= 15 is 0 Å². The quantitative estimate of drug-likeness (QED) is 0.769. The summed E-state index contributed by atoms with van der Waals surface area (Å²) in [4.78, 5) is 0. The van der Waals surface area contributed by atoms with E-state index in [1.807, 2.05) is 12.1 Å². The largest absolute Gasteiger partial charge is 0.388 e. The molecule has 0 aliphatic carbocycles. The second-order valence-corrected chi connectivity index (χ2v) is 5.53. The molecule has 0 aliphatic rings. The lowest BCUT2D eigenvalue weighted by Crippen LogP contribution is -2.17. The average molecular weight is 235 g/mol. The molecule has 0 aromatic heterocycles. The first-order chi connectivity index (χ1) is 7.95. The lowest BCUT2D eigenvalue weighted by molar-refractivity contribution is 0.167. The molecule has 17 heavy (non-hydrogen) atoms. The van der Waals surface area contributed by atoms with Crippen molar-refractivity contribution >= 4 is 0 Å². The molecule has 0 amide bonds. The molecule has 1 rings (SSSR count). The number of rotatable bonds is 5. The molecule has 2 heteroatoms. The zero-order valence-corrected chi connectivity index (χ0v) is 11.5. The molecule has 0 fully saturated rings. The molecule has 2 nitrogen and oxygen atoms in total. The van der Waals surface area contributed by atoms with Crippen molar-refractivity contribution in [2.24, 2.45) is 0 Å². The molecule has 1 unspecified atom stereocenters. The van der Waals surface area contributed by atoms with Crippen LogP contribution in [0, 0.1) is 0 Å². The van der Waals surface area contributed by atoms with Crippen molar-refractivity contribution in [3.05, 3.63) is 35.4 Å². The van der Waals surface area contributed by atoms with E-state index in [-0.39, 0.29) is 11.5 Å². The van der Waals surface area contributed by atoms with Crippen LogP contribution < -0.4 is 5.32 Å². The van der Waals surface area contributed by atoms with E-state index in [1.165, 1.54) is 5.56 Å². The van der Waals surface area contributed by atoms with Crippen LogP contribution in [0.25, 0.3) is 0 Å².